The summed E-state index contributed by atoms with van der Waals surface area (Å²) in [6.07, 6.45) is 28.7. The van der Waals surface area contributed by atoms with Gasteiger partial charge >= 0.3 is 0 Å². The molecule has 0 bridgehead atoms. The van der Waals surface area contributed by atoms with Crippen LogP contribution < -0.4 is 5.32 Å². The van der Waals surface area contributed by atoms with Gasteiger partial charge in [-0.3, -0.25) is 4.79 Å². The third-order valence-electron chi connectivity index (χ3n) is 15.5. The Balaban J connectivity index is 1.50. The molecule has 3 aliphatic heterocycles. The number of rotatable bonds is 46. The highest BCUT2D eigenvalue weighted by Gasteiger charge is 2.53. The molecule has 3 heterocycles. The van der Waals surface area contributed by atoms with Crippen molar-refractivity contribution in [1.29, 1.82) is 0 Å². The quantitative estimate of drug-likeness (QED) is 0.0226. The molecule has 0 aliphatic carbocycles. The predicted molar refractivity (Wildman–Crippen MR) is 318 cm³/mol. The first-order valence-corrected chi connectivity index (χ1v) is 31.7. The summed E-state index contributed by atoms with van der Waals surface area (Å²) in [5, 5.41) is 120. The average Bonchev–Trinajstić information content (AvgIpc) is 3.34. The third-order valence-corrected chi connectivity index (χ3v) is 15.5. The Morgan fingerprint density at radius 3 is 1.30 bits per heavy atom. The summed E-state index contributed by atoms with van der Waals surface area (Å²) in [5.41, 5.74) is 0. The molecule has 0 radical (unpaired) electrons. The molecule has 12 N–H and O–H groups in total. The molecule has 3 fully saturated rings. The Bertz CT molecular complexity index is 1790. The van der Waals surface area contributed by atoms with Crippen molar-refractivity contribution < 1.29 is 89.4 Å². The van der Waals surface area contributed by atoms with Crippen LogP contribution >= 0.6 is 0 Å². The lowest BCUT2D eigenvalue weighted by Gasteiger charge is -2.48. The van der Waals surface area contributed by atoms with Gasteiger partial charge in [-0.25, -0.2) is 0 Å². The molecule has 1 amide bonds. The number of allylic oxidation sites excluding steroid dienone is 11. The molecule has 0 aromatic carbocycles. The number of carbonyl (C=O) groups is 1. The van der Waals surface area contributed by atoms with Gasteiger partial charge in [0.25, 0.3) is 0 Å². The van der Waals surface area contributed by atoms with Crippen LogP contribution in [0.5, 0.6) is 0 Å². The van der Waals surface area contributed by atoms with Crippen LogP contribution in [-0.2, 0) is 33.2 Å². The maximum Gasteiger partial charge on any atom is 0.220 e. The van der Waals surface area contributed by atoms with Crippen molar-refractivity contribution in [3.63, 3.8) is 0 Å². The molecule has 17 atom stereocenters. The van der Waals surface area contributed by atoms with Crippen molar-refractivity contribution in [3.05, 3.63) is 72.9 Å². The smallest absolute Gasteiger partial charge is 0.220 e. The van der Waals surface area contributed by atoms with Crippen LogP contribution in [0.15, 0.2) is 72.9 Å². The topological polar surface area (TPSA) is 307 Å². The molecular weight excluding hydrogens is 1070 g/mol. The minimum atomic E-state index is -1.98. The summed E-state index contributed by atoms with van der Waals surface area (Å²) < 4.78 is 34.3. The summed E-state index contributed by atoms with van der Waals surface area (Å²) in [6.45, 7) is 1.59. The number of amides is 1. The van der Waals surface area contributed by atoms with Crippen molar-refractivity contribution in [2.24, 2.45) is 0 Å². The van der Waals surface area contributed by atoms with E-state index in [9.17, 15) is 61.0 Å². The first-order chi connectivity index (χ1) is 40.3. The Morgan fingerprint density at radius 2 is 0.831 bits per heavy atom. The highest BCUT2D eigenvalue weighted by atomic mass is 16.8. The van der Waals surface area contributed by atoms with E-state index in [1.165, 1.54) is 77.0 Å². The highest BCUT2D eigenvalue weighted by Crippen LogP contribution is 2.33. The second-order valence-corrected chi connectivity index (χ2v) is 22.5. The number of ether oxygens (including phenoxy) is 6. The van der Waals surface area contributed by atoms with Crippen LogP contribution in [0.25, 0.3) is 0 Å². The van der Waals surface area contributed by atoms with E-state index in [4.69, 9.17) is 28.4 Å². The maximum absolute atomic E-state index is 13.4. The third kappa shape index (κ3) is 29.7. The first-order valence-electron chi connectivity index (χ1n) is 31.7. The normalized spacial score (nSPS) is 29.9. The summed E-state index contributed by atoms with van der Waals surface area (Å²) in [4.78, 5) is 13.4. The summed E-state index contributed by atoms with van der Waals surface area (Å²) >= 11 is 0. The van der Waals surface area contributed by atoms with Crippen LogP contribution in [0.1, 0.15) is 194 Å². The van der Waals surface area contributed by atoms with Gasteiger partial charge in [0.2, 0.25) is 5.91 Å². The molecule has 3 saturated heterocycles. The minimum Gasteiger partial charge on any atom is -0.394 e. The van der Waals surface area contributed by atoms with Crippen molar-refractivity contribution in [2.75, 3.05) is 26.4 Å². The molecule has 0 saturated carbocycles. The van der Waals surface area contributed by atoms with Crippen molar-refractivity contribution >= 4 is 5.91 Å². The number of unbranched alkanes of at least 4 members (excludes halogenated alkanes) is 20. The van der Waals surface area contributed by atoms with Gasteiger partial charge in [0, 0.05) is 6.42 Å². The maximum atomic E-state index is 13.4. The molecule has 480 valence electrons. The zero-order valence-electron chi connectivity index (χ0n) is 50.1. The van der Waals surface area contributed by atoms with Gasteiger partial charge < -0.3 is 89.9 Å². The highest BCUT2D eigenvalue weighted by molar-refractivity contribution is 5.76. The molecule has 19 nitrogen and oxygen atoms in total. The fourth-order valence-electron chi connectivity index (χ4n) is 10.3. The van der Waals surface area contributed by atoms with E-state index in [0.717, 1.165) is 89.9 Å². The molecule has 0 spiro atoms. The van der Waals surface area contributed by atoms with Gasteiger partial charge in [-0.05, 0) is 64.2 Å². The number of hydrogen-bond donors (Lipinski definition) is 12. The lowest BCUT2D eigenvalue weighted by molar-refractivity contribution is -0.379. The molecule has 17 unspecified atom stereocenters. The monoisotopic (exact) mass is 1180 g/mol. The summed E-state index contributed by atoms with van der Waals surface area (Å²) in [6, 6.07) is -0.987. The van der Waals surface area contributed by atoms with Crippen molar-refractivity contribution in [3.8, 4) is 0 Å². The number of aliphatic hydroxyl groups excluding tert-OH is 11. The van der Waals surface area contributed by atoms with E-state index in [-0.39, 0.29) is 18.9 Å². The SMILES string of the molecule is CC/C=C\C/C=C\C/C=C\C/C=C\C/C=C\CCCCCCCC(=O)NC(COC1OC(CO)C(OC2OC(CO)C(OC3OC(CO)C(O)C(O)C3O)C(O)C2O)C(O)C1O)C(O)/C=C/CCCCCCCCCCCCCCCCC. The van der Waals surface area contributed by atoms with Crippen LogP contribution in [0.2, 0.25) is 0 Å². The van der Waals surface area contributed by atoms with E-state index in [2.05, 4.69) is 79.9 Å². The summed E-state index contributed by atoms with van der Waals surface area (Å²) in [7, 11) is 0. The lowest BCUT2D eigenvalue weighted by atomic mass is 9.96. The molecular formula is C64H111NO18. The van der Waals surface area contributed by atoms with Crippen LogP contribution in [0.3, 0.4) is 0 Å². The molecule has 3 rings (SSSR count). The predicted octanol–water partition coefficient (Wildman–Crippen LogP) is 6.60. The van der Waals surface area contributed by atoms with E-state index in [1.54, 1.807) is 6.08 Å². The number of nitrogens with one attached hydrogen (secondary N) is 1. The van der Waals surface area contributed by atoms with Gasteiger partial charge in [-0.2, -0.15) is 0 Å². The summed E-state index contributed by atoms with van der Waals surface area (Å²) in [5.74, 6) is -0.297. The fourth-order valence-corrected chi connectivity index (χ4v) is 10.3. The van der Waals surface area contributed by atoms with Crippen molar-refractivity contribution in [1.82, 2.24) is 5.32 Å². The molecule has 3 aliphatic rings. The Morgan fingerprint density at radius 1 is 0.446 bits per heavy atom. The average molecular weight is 1180 g/mol. The van der Waals surface area contributed by atoms with E-state index >= 15 is 0 Å². The second-order valence-electron chi connectivity index (χ2n) is 22.5. The van der Waals surface area contributed by atoms with Gasteiger partial charge in [0.15, 0.2) is 18.9 Å². The molecule has 19 heteroatoms. The Kier molecular flexibility index (Phi) is 41.6. The minimum absolute atomic E-state index is 0.218. The number of hydrogen-bond acceptors (Lipinski definition) is 18. The number of aliphatic hydroxyl groups is 11. The number of carbonyl (C=O) groups excluding carboxylic acids is 1. The largest absolute Gasteiger partial charge is 0.394 e. The van der Waals surface area contributed by atoms with Crippen LogP contribution in [0, 0.1) is 0 Å². The van der Waals surface area contributed by atoms with E-state index < -0.39 is 124 Å². The Hall–Kier alpha value is -2.77. The lowest BCUT2D eigenvalue weighted by Crippen LogP contribution is -2.66. The van der Waals surface area contributed by atoms with Gasteiger partial charge in [-0.1, -0.05) is 196 Å². The van der Waals surface area contributed by atoms with E-state index in [1.807, 2.05) is 6.08 Å². The van der Waals surface area contributed by atoms with Crippen LogP contribution in [-0.4, -0.2) is 193 Å². The van der Waals surface area contributed by atoms with Gasteiger partial charge in [0.1, 0.15) is 73.2 Å². The second kappa shape index (κ2) is 46.4. The standard InChI is InChI=1S/C64H111NO18/c1-3-5-7-9-11-13-15-17-19-21-22-23-24-26-28-30-32-34-36-38-40-42-52(70)65-47(48(69)41-39-37-35-33-31-29-27-25-20-18-16-14-12-10-8-6-4-2)46-78-62-58(76)55(73)60(50(44-67)80-62)83-64-59(77)56(74)61(51(45-68)81-64)82-63-57(75)54(72)53(71)49(43-66)79-63/h5,7,11,13,17,19,22-23,26,28,39,41,47-51,53-64,66-69,71-77H,3-4,6,8-10,12,14-16,18,20-21,24-25,27,29-38,40,42-46H2,1-2H3,(H,65,70)/b7-5-,13-11-,19-17-,23-22-,28-26-,41-39+. The molecule has 83 heavy (non-hydrogen) atoms. The van der Waals surface area contributed by atoms with Crippen molar-refractivity contribution in [2.45, 2.75) is 298 Å². The van der Waals surface area contributed by atoms with E-state index in [0.29, 0.717) is 6.42 Å². The Labute approximate surface area is 496 Å². The zero-order chi connectivity index (χ0) is 60.5. The first kappa shape index (κ1) is 74.5. The van der Waals surface area contributed by atoms with Crippen LogP contribution in [0.4, 0.5) is 0 Å². The zero-order valence-corrected chi connectivity index (χ0v) is 50.1. The molecule has 0 aromatic rings. The fraction of sp³-hybridized carbons (Fsp3) is 0.797. The van der Waals surface area contributed by atoms with Gasteiger partial charge in [-0.15, -0.1) is 0 Å². The van der Waals surface area contributed by atoms with Gasteiger partial charge in [0.05, 0.1) is 38.6 Å². The molecule has 0 aromatic heterocycles.